The molecule has 0 unspecified atom stereocenters. The van der Waals surface area contributed by atoms with Gasteiger partial charge in [0.1, 0.15) is 0 Å². The molecule has 0 radical (unpaired) electrons. The highest BCUT2D eigenvalue weighted by Gasteiger charge is 2.36. The summed E-state index contributed by atoms with van der Waals surface area (Å²) in [7, 11) is 0.155. The van der Waals surface area contributed by atoms with E-state index in [9.17, 15) is 0 Å². The molecule has 0 heterocycles. The van der Waals surface area contributed by atoms with Crippen molar-refractivity contribution in [3.63, 3.8) is 0 Å². The first-order valence-electron chi connectivity index (χ1n) is 5.59. The van der Waals surface area contributed by atoms with E-state index < -0.39 is 0 Å². The Bertz CT molecular complexity index is 131. The van der Waals surface area contributed by atoms with Gasteiger partial charge < -0.3 is 0 Å². The summed E-state index contributed by atoms with van der Waals surface area (Å²) in [5.41, 5.74) is 0. The summed E-state index contributed by atoms with van der Waals surface area (Å²) < 4.78 is 0. The van der Waals surface area contributed by atoms with Crippen LogP contribution in [-0.2, 0) is 0 Å². The van der Waals surface area contributed by atoms with Crippen LogP contribution in [0.2, 0.25) is 0 Å². The average Bonchev–Trinajstić information content (AvgIpc) is 2.05. The fraction of sp³-hybridized carbons (Fsp3) is 1.00. The van der Waals surface area contributed by atoms with Crippen molar-refractivity contribution in [1.29, 1.82) is 0 Å². The van der Waals surface area contributed by atoms with Gasteiger partial charge in [0.15, 0.2) is 0 Å². The SMILES string of the molecule is CCP(C(C)(C)CC)C(C)(C)CC. The van der Waals surface area contributed by atoms with Gasteiger partial charge in [-0.15, -0.1) is 0 Å². The lowest BCUT2D eigenvalue weighted by atomic mass is 10.1. The maximum atomic E-state index is 2.44. The Balaban J connectivity index is 4.69. The van der Waals surface area contributed by atoms with E-state index in [1.54, 1.807) is 0 Å². The van der Waals surface area contributed by atoms with Crippen LogP contribution in [0, 0.1) is 0 Å². The molecular weight excluding hydrogens is 175 g/mol. The summed E-state index contributed by atoms with van der Waals surface area (Å²) in [5.74, 6) is 0. The molecule has 0 amide bonds. The molecule has 13 heavy (non-hydrogen) atoms. The number of hydrogen-bond acceptors (Lipinski definition) is 0. The van der Waals surface area contributed by atoms with Gasteiger partial charge in [0.05, 0.1) is 0 Å². The van der Waals surface area contributed by atoms with E-state index in [2.05, 4.69) is 48.5 Å². The summed E-state index contributed by atoms with van der Waals surface area (Å²) in [6, 6.07) is 0. The largest absolute Gasteiger partial charge is 0.0954 e. The summed E-state index contributed by atoms with van der Waals surface area (Å²) in [5, 5.41) is 1.12. The van der Waals surface area contributed by atoms with Crippen LogP contribution in [0.1, 0.15) is 61.3 Å². The highest BCUT2D eigenvalue weighted by atomic mass is 31.1. The first kappa shape index (κ1) is 13.4. The van der Waals surface area contributed by atoms with E-state index >= 15 is 0 Å². The first-order valence-corrected chi connectivity index (χ1v) is 7.12. The second-order valence-electron chi connectivity index (χ2n) is 5.08. The Morgan fingerprint density at radius 3 is 1.23 bits per heavy atom. The van der Waals surface area contributed by atoms with Gasteiger partial charge in [-0.05, 0) is 29.3 Å². The van der Waals surface area contributed by atoms with E-state index in [1.165, 1.54) is 19.0 Å². The maximum absolute atomic E-state index is 2.44. The molecule has 80 valence electrons. The van der Waals surface area contributed by atoms with E-state index in [0.29, 0.717) is 10.3 Å². The smallest absolute Gasteiger partial charge is 0.0149 e. The summed E-state index contributed by atoms with van der Waals surface area (Å²) in [4.78, 5) is 0. The molecule has 0 aromatic carbocycles. The van der Waals surface area contributed by atoms with Crippen LogP contribution in [0.25, 0.3) is 0 Å². The minimum Gasteiger partial charge on any atom is -0.0954 e. The zero-order valence-electron chi connectivity index (χ0n) is 10.6. The molecule has 0 rings (SSSR count). The highest BCUT2D eigenvalue weighted by Crippen LogP contribution is 2.61. The van der Waals surface area contributed by atoms with Crippen LogP contribution in [0.15, 0.2) is 0 Å². The predicted molar refractivity (Wildman–Crippen MR) is 66.2 cm³/mol. The van der Waals surface area contributed by atoms with Crippen LogP contribution >= 0.6 is 7.92 Å². The molecule has 0 bridgehead atoms. The Kier molecular flexibility index (Phi) is 4.94. The lowest BCUT2D eigenvalue weighted by Gasteiger charge is -2.44. The van der Waals surface area contributed by atoms with E-state index in [-0.39, 0.29) is 7.92 Å². The van der Waals surface area contributed by atoms with Crippen molar-refractivity contribution >= 4 is 7.92 Å². The van der Waals surface area contributed by atoms with Crippen LogP contribution in [0.4, 0.5) is 0 Å². The minimum absolute atomic E-state index is 0.155. The standard InChI is InChI=1S/C12H27P/c1-8-11(4,5)13(10-3)12(6,7)9-2/h8-10H2,1-7H3. The molecule has 0 nitrogen and oxygen atoms in total. The van der Waals surface area contributed by atoms with Crippen molar-refractivity contribution in [2.45, 2.75) is 71.6 Å². The van der Waals surface area contributed by atoms with E-state index in [0.717, 1.165) is 0 Å². The van der Waals surface area contributed by atoms with Crippen LogP contribution in [-0.4, -0.2) is 16.5 Å². The van der Waals surface area contributed by atoms with Gasteiger partial charge in [-0.3, -0.25) is 0 Å². The molecule has 0 spiro atoms. The molecule has 0 aromatic heterocycles. The van der Waals surface area contributed by atoms with Crippen molar-refractivity contribution in [3.05, 3.63) is 0 Å². The van der Waals surface area contributed by atoms with Crippen molar-refractivity contribution in [2.24, 2.45) is 0 Å². The third-order valence-corrected chi connectivity index (χ3v) is 7.70. The minimum atomic E-state index is 0.155. The van der Waals surface area contributed by atoms with Crippen molar-refractivity contribution in [1.82, 2.24) is 0 Å². The summed E-state index contributed by atoms with van der Waals surface area (Å²) in [6.07, 6.45) is 4.00. The van der Waals surface area contributed by atoms with Crippen LogP contribution in [0.3, 0.4) is 0 Å². The lowest BCUT2D eigenvalue weighted by molar-refractivity contribution is 0.603. The van der Waals surface area contributed by atoms with E-state index in [4.69, 9.17) is 0 Å². The highest BCUT2D eigenvalue weighted by molar-refractivity contribution is 7.60. The predicted octanol–water partition coefficient (Wildman–Crippen LogP) is 4.87. The van der Waals surface area contributed by atoms with E-state index in [1.807, 2.05) is 0 Å². The third-order valence-electron chi connectivity index (χ3n) is 3.51. The molecule has 0 aliphatic carbocycles. The Morgan fingerprint density at radius 2 is 1.08 bits per heavy atom. The van der Waals surface area contributed by atoms with Crippen LogP contribution in [0.5, 0.6) is 0 Å². The lowest BCUT2D eigenvalue weighted by Crippen LogP contribution is -2.30. The second kappa shape index (κ2) is 4.78. The van der Waals surface area contributed by atoms with Gasteiger partial charge in [0.25, 0.3) is 0 Å². The molecule has 0 saturated carbocycles. The maximum Gasteiger partial charge on any atom is -0.0149 e. The molecule has 1 heteroatoms. The van der Waals surface area contributed by atoms with Gasteiger partial charge in [-0.2, -0.15) is 0 Å². The molecule has 0 saturated heterocycles. The fourth-order valence-corrected chi connectivity index (χ4v) is 6.17. The molecule has 0 N–H and O–H groups in total. The average molecular weight is 202 g/mol. The zero-order valence-corrected chi connectivity index (χ0v) is 11.5. The van der Waals surface area contributed by atoms with Gasteiger partial charge in [0.2, 0.25) is 0 Å². The fourth-order valence-electron chi connectivity index (χ4n) is 2.06. The molecular formula is C12H27P. The van der Waals surface area contributed by atoms with Gasteiger partial charge in [-0.25, -0.2) is 0 Å². The topological polar surface area (TPSA) is 0 Å². The molecule has 0 aliphatic heterocycles. The van der Waals surface area contributed by atoms with Crippen molar-refractivity contribution in [3.8, 4) is 0 Å². The Hall–Kier alpha value is 0.430. The summed E-state index contributed by atoms with van der Waals surface area (Å²) >= 11 is 0. The normalized spacial score (nSPS) is 13.8. The third kappa shape index (κ3) is 3.24. The number of rotatable bonds is 5. The van der Waals surface area contributed by atoms with Gasteiger partial charge in [0, 0.05) is 0 Å². The van der Waals surface area contributed by atoms with Gasteiger partial charge in [-0.1, -0.05) is 56.4 Å². The molecule has 0 aromatic rings. The molecule has 0 fully saturated rings. The first-order chi connectivity index (χ1) is 5.81. The monoisotopic (exact) mass is 202 g/mol. The Morgan fingerprint density at radius 1 is 0.769 bits per heavy atom. The van der Waals surface area contributed by atoms with Crippen molar-refractivity contribution in [2.75, 3.05) is 6.16 Å². The molecule has 0 atom stereocenters. The summed E-state index contributed by atoms with van der Waals surface area (Å²) in [6.45, 7) is 16.8. The molecule has 0 aliphatic rings. The Labute approximate surface area is 86.3 Å². The van der Waals surface area contributed by atoms with Gasteiger partial charge >= 0.3 is 0 Å². The van der Waals surface area contributed by atoms with Crippen LogP contribution < -0.4 is 0 Å². The number of hydrogen-bond donors (Lipinski definition) is 0. The van der Waals surface area contributed by atoms with Crippen molar-refractivity contribution < 1.29 is 0 Å². The quantitative estimate of drug-likeness (QED) is 0.558. The second-order valence-corrected chi connectivity index (χ2v) is 8.99. The zero-order chi connectivity index (χ0) is 10.7.